The molecule has 1 fully saturated rings. The van der Waals surface area contributed by atoms with Crippen molar-refractivity contribution in [2.24, 2.45) is 0 Å². The maximum atomic E-state index is 13.4. The van der Waals surface area contributed by atoms with Gasteiger partial charge in [-0.25, -0.2) is 24.7 Å². The van der Waals surface area contributed by atoms with Crippen molar-refractivity contribution in [1.29, 1.82) is 0 Å². The number of hydrogen-bond donors (Lipinski definition) is 2. The fraction of sp³-hybridized carbons (Fsp3) is 0.241. The summed E-state index contributed by atoms with van der Waals surface area (Å²) in [6.07, 6.45) is 5.25. The number of rotatable bonds is 4. The van der Waals surface area contributed by atoms with Crippen molar-refractivity contribution in [2.75, 3.05) is 36.8 Å². The molecule has 202 valence electrons. The van der Waals surface area contributed by atoms with E-state index in [0.717, 1.165) is 51.8 Å². The predicted octanol–water partition coefficient (Wildman–Crippen LogP) is 3.38. The van der Waals surface area contributed by atoms with Gasteiger partial charge in [-0.2, -0.15) is 0 Å². The van der Waals surface area contributed by atoms with Crippen LogP contribution in [0.5, 0.6) is 0 Å². The first kappa shape index (κ1) is 25.2. The first-order chi connectivity index (χ1) is 19.5. The molecule has 0 bridgehead atoms. The van der Waals surface area contributed by atoms with Gasteiger partial charge >= 0.3 is 6.03 Å². The zero-order valence-corrected chi connectivity index (χ0v) is 22.1. The van der Waals surface area contributed by atoms with Crippen LogP contribution in [-0.4, -0.2) is 67.5 Å². The number of imidazole rings is 1. The van der Waals surface area contributed by atoms with E-state index in [1.165, 1.54) is 12.4 Å². The van der Waals surface area contributed by atoms with Crippen molar-refractivity contribution < 1.29 is 9.59 Å². The number of nitrogen functional groups attached to an aromatic ring is 1. The second kappa shape index (κ2) is 10.6. The molecule has 1 aliphatic rings. The van der Waals surface area contributed by atoms with Gasteiger partial charge in [0.15, 0.2) is 11.5 Å². The normalized spacial score (nSPS) is 13.9. The number of nitrogens with one attached hydrogen (secondary N) is 1. The van der Waals surface area contributed by atoms with Crippen molar-refractivity contribution in [3.63, 3.8) is 0 Å². The van der Waals surface area contributed by atoms with Crippen LogP contribution in [0.2, 0.25) is 0 Å². The average Bonchev–Trinajstić information content (AvgIpc) is 3.25. The number of para-hydroxylation sites is 3. The molecular weight excluding hydrogens is 506 g/mol. The zero-order chi connectivity index (χ0) is 27.6. The summed E-state index contributed by atoms with van der Waals surface area (Å²) in [5.41, 5.74) is 10.4. The summed E-state index contributed by atoms with van der Waals surface area (Å²) in [5, 5.41) is 3.92. The fourth-order valence-corrected chi connectivity index (χ4v) is 5.15. The van der Waals surface area contributed by atoms with E-state index in [1.807, 2.05) is 54.3 Å². The lowest BCUT2D eigenvalue weighted by atomic mass is 10.1. The molecule has 0 aliphatic carbocycles. The highest BCUT2D eigenvalue weighted by molar-refractivity contribution is 5.96. The van der Waals surface area contributed by atoms with Gasteiger partial charge in [0.1, 0.15) is 12.1 Å². The van der Waals surface area contributed by atoms with Crippen LogP contribution in [0.25, 0.3) is 21.9 Å². The van der Waals surface area contributed by atoms with Gasteiger partial charge in [0.25, 0.3) is 5.91 Å². The van der Waals surface area contributed by atoms with E-state index in [9.17, 15) is 9.59 Å². The molecule has 2 amide bonds. The highest BCUT2D eigenvalue weighted by Gasteiger charge is 2.24. The van der Waals surface area contributed by atoms with Gasteiger partial charge in [0, 0.05) is 56.1 Å². The Morgan fingerprint density at radius 3 is 2.70 bits per heavy atom. The Bertz CT molecular complexity index is 1730. The molecule has 0 unspecified atom stereocenters. The summed E-state index contributed by atoms with van der Waals surface area (Å²) in [5.74, 6) is 0.466. The van der Waals surface area contributed by atoms with Gasteiger partial charge in [-0.15, -0.1) is 0 Å². The summed E-state index contributed by atoms with van der Waals surface area (Å²) in [6, 6.07) is 15.6. The van der Waals surface area contributed by atoms with E-state index in [-0.39, 0.29) is 24.1 Å². The summed E-state index contributed by atoms with van der Waals surface area (Å²) < 4.78 is 1.61. The van der Waals surface area contributed by atoms with Crippen molar-refractivity contribution in [3.8, 4) is 0 Å². The average molecular weight is 536 g/mol. The quantitative estimate of drug-likeness (QED) is 0.358. The Balaban J connectivity index is 1.26. The van der Waals surface area contributed by atoms with Crippen LogP contribution in [-0.2, 0) is 6.54 Å². The van der Waals surface area contributed by atoms with Crippen LogP contribution in [0, 0.1) is 6.92 Å². The number of nitrogens with two attached hydrogens (primary N) is 1. The molecule has 2 aromatic carbocycles. The Hall–Kier alpha value is -5.06. The Kier molecular flexibility index (Phi) is 6.69. The molecule has 11 nitrogen and oxygen atoms in total. The van der Waals surface area contributed by atoms with Gasteiger partial charge in [0.05, 0.1) is 16.6 Å². The van der Waals surface area contributed by atoms with Crippen molar-refractivity contribution in [1.82, 2.24) is 34.7 Å². The summed E-state index contributed by atoms with van der Waals surface area (Å²) in [7, 11) is 0. The van der Waals surface area contributed by atoms with Crippen molar-refractivity contribution in [3.05, 3.63) is 84.1 Å². The van der Waals surface area contributed by atoms with Crippen LogP contribution in [0.4, 0.5) is 16.4 Å². The highest BCUT2D eigenvalue weighted by atomic mass is 16.2. The lowest BCUT2D eigenvalue weighted by Crippen LogP contribution is -2.38. The number of nitrogens with zero attached hydrogens (tertiary/aromatic N) is 7. The molecule has 0 atom stereocenters. The molecule has 0 spiro atoms. The maximum Gasteiger partial charge on any atom is 0.329 e. The van der Waals surface area contributed by atoms with E-state index in [2.05, 4.69) is 31.2 Å². The molecule has 1 aliphatic heterocycles. The van der Waals surface area contributed by atoms with E-state index in [4.69, 9.17) is 10.7 Å². The first-order valence-electron chi connectivity index (χ1n) is 13.2. The number of aromatic nitrogens is 5. The minimum Gasteiger partial charge on any atom is -0.382 e. The molecule has 40 heavy (non-hydrogen) atoms. The second-order valence-electron chi connectivity index (χ2n) is 9.80. The minimum atomic E-state index is -0.402. The molecular formula is C29H29N9O2. The number of anilines is 2. The molecule has 3 N–H and O–H groups in total. The first-order valence-corrected chi connectivity index (χ1v) is 13.2. The maximum absolute atomic E-state index is 13.4. The molecule has 1 saturated heterocycles. The number of aryl methyl sites for hydroxylation is 1. The number of hydrogen-bond acceptors (Lipinski definition) is 8. The molecule has 0 saturated carbocycles. The molecule has 11 heteroatoms. The number of fused-ring (bicyclic) bond motifs is 2. The third kappa shape index (κ3) is 4.77. The predicted molar refractivity (Wildman–Crippen MR) is 153 cm³/mol. The third-order valence-electron chi connectivity index (χ3n) is 7.21. The highest BCUT2D eigenvalue weighted by Crippen LogP contribution is 2.27. The van der Waals surface area contributed by atoms with E-state index >= 15 is 0 Å². The molecule has 4 heterocycles. The Morgan fingerprint density at radius 2 is 1.82 bits per heavy atom. The van der Waals surface area contributed by atoms with Crippen molar-refractivity contribution >= 4 is 45.5 Å². The zero-order valence-electron chi connectivity index (χ0n) is 22.1. The fourth-order valence-electron chi connectivity index (χ4n) is 5.15. The monoisotopic (exact) mass is 535 g/mol. The van der Waals surface area contributed by atoms with Gasteiger partial charge in [-0.1, -0.05) is 30.3 Å². The van der Waals surface area contributed by atoms with Crippen LogP contribution in [0.3, 0.4) is 0 Å². The molecule has 6 rings (SSSR count). The topological polar surface area (TPSA) is 135 Å². The van der Waals surface area contributed by atoms with E-state index < -0.39 is 5.91 Å². The summed E-state index contributed by atoms with van der Waals surface area (Å²) in [6.45, 7) is 4.74. The number of carbonyl (C=O) groups excluding carboxylic acids is 2. The number of carbonyl (C=O) groups is 2. The number of amides is 2. The third-order valence-corrected chi connectivity index (χ3v) is 7.21. The molecule has 5 aromatic rings. The van der Waals surface area contributed by atoms with Gasteiger partial charge in [-0.05, 0) is 37.1 Å². The van der Waals surface area contributed by atoms with Crippen LogP contribution in [0.15, 0.2) is 67.3 Å². The van der Waals surface area contributed by atoms with Gasteiger partial charge in [0.2, 0.25) is 0 Å². The Labute approximate surface area is 230 Å². The van der Waals surface area contributed by atoms with Crippen LogP contribution in [0.1, 0.15) is 28.0 Å². The minimum absolute atomic E-state index is 0.0791. The van der Waals surface area contributed by atoms with E-state index in [1.54, 1.807) is 10.9 Å². The smallest absolute Gasteiger partial charge is 0.329 e. The van der Waals surface area contributed by atoms with Crippen molar-refractivity contribution in [2.45, 2.75) is 19.9 Å². The van der Waals surface area contributed by atoms with E-state index in [0.29, 0.717) is 19.6 Å². The second-order valence-corrected chi connectivity index (χ2v) is 9.80. The van der Waals surface area contributed by atoms with Crippen LogP contribution < -0.4 is 16.0 Å². The number of pyridine rings is 1. The summed E-state index contributed by atoms with van der Waals surface area (Å²) >= 11 is 0. The lowest BCUT2D eigenvalue weighted by molar-refractivity contribution is 0.0946. The lowest BCUT2D eigenvalue weighted by Gasteiger charge is -2.26. The van der Waals surface area contributed by atoms with Gasteiger partial charge < -0.3 is 20.9 Å². The largest absolute Gasteiger partial charge is 0.382 e. The standard InChI is InChI=1S/C29H29N9O2/c1-19-6-4-7-20-16-21(17-33-28(39)25-26(30)32-11-10-31-25)27(35-24(19)20)36-12-5-13-37(15-14-36)29(40)38-18-34-22-8-2-3-9-23(22)38/h2-4,6-11,16,18H,5,12-15,17H2,1H3,(H2,30,32)(H,33,39). The Morgan fingerprint density at radius 1 is 0.975 bits per heavy atom. The molecule has 3 aromatic heterocycles. The summed E-state index contributed by atoms with van der Waals surface area (Å²) in [4.78, 5) is 47.8. The van der Waals surface area contributed by atoms with Gasteiger partial charge in [-0.3, -0.25) is 9.36 Å². The number of benzene rings is 2. The molecule has 0 radical (unpaired) electrons. The SMILES string of the molecule is Cc1cccc2cc(CNC(=O)c3nccnc3N)c(N3CCCN(C(=O)n4cnc5ccccc54)CC3)nc12. The van der Waals surface area contributed by atoms with Crippen LogP contribution >= 0.6 is 0 Å².